The number of nitrogens with zero attached hydrogens (tertiary/aromatic N) is 2. The molecule has 4 rings (SSSR count). The van der Waals surface area contributed by atoms with E-state index in [9.17, 15) is 9.59 Å². The number of aromatic nitrogens is 1. The zero-order valence-electron chi connectivity index (χ0n) is 18.2. The molecule has 0 unspecified atom stereocenters. The quantitative estimate of drug-likeness (QED) is 0.648. The summed E-state index contributed by atoms with van der Waals surface area (Å²) in [5.74, 6) is 0.235. The number of hydrogen-bond acceptors (Lipinski definition) is 5. The van der Waals surface area contributed by atoms with Gasteiger partial charge in [-0.1, -0.05) is 30.3 Å². The summed E-state index contributed by atoms with van der Waals surface area (Å²) in [5, 5.41) is 3.02. The molecule has 2 atom stereocenters. The smallest absolute Gasteiger partial charge is 0.254 e. The van der Waals surface area contributed by atoms with Crippen LogP contribution < -0.4 is 14.8 Å². The minimum atomic E-state index is -0.594. The highest BCUT2D eigenvalue weighted by molar-refractivity contribution is 6.01. The van der Waals surface area contributed by atoms with Gasteiger partial charge < -0.3 is 19.7 Å². The number of hydrogen-bond donors (Lipinski definition) is 1. The predicted octanol–water partition coefficient (Wildman–Crippen LogP) is 3.33. The number of nitrogens with one attached hydrogen (secondary N) is 1. The van der Waals surface area contributed by atoms with Gasteiger partial charge in [-0.2, -0.15) is 0 Å². The van der Waals surface area contributed by atoms with Gasteiger partial charge in [-0.25, -0.2) is 0 Å². The Balaban J connectivity index is 1.76. The number of rotatable bonds is 6. The van der Waals surface area contributed by atoms with Crippen LogP contribution in [-0.4, -0.2) is 43.0 Å². The van der Waals surface area contributed by atoms with Crippen molar-refractivity contribution in [2.75, 3.05) is 21.3 Å². The molecule has 0 bridgehead atoms. The lowest BCUT2D eigenvalue weighted by Gasteiger charge is -2.40. The van der Waals surface area contributed by atoms with E-state index in [2.05, 4.69) is 10.3 Å². The van der Waals surface area contributed by atoms with Crippen molar-refractivity contribution in [2.45, 2.75) is 18.5 Å². The highest BCUT2D eigenvalue weighted by Crippen LogP contribution is 2.43. The Morgan fingerprint density at radius 3 is 2.56 bits per heavy atom. The third-order valence-corrected chi connectivity index (χ3v) is 5.80. The average Bonchev–Trinajstić information content (AvgIpc) is 2.84. The summed E-state index contributed by atoms with van der Waals surface area (Å²) < 4.78 is 10.8. The molecule has 1 aliphatic rings. The molecule has 1 N–H and O–H groups in total. The minimum Gasteiger partial charge on any atom is -0.493 e. The zero-order chi connectivity index (χ0) is 22.7. The summed E-state index contributed by atoms with van der Waals surface area (Å²) >= 11 is 0. The predicted molar refractivity (Wildman–Crippen MR) is 120 cm³/mol. The van der Waals surface area contributed by atoms with E-state index in [0.717, 1.165) is 11.1 Å². The number of likely N-dealkylation sites (N-methyl/N-ethyl adjacent to an activating group) is 1. The Kier molecular flexibility index (Phi) is 6.07. The molecular formula is C25H25N3O4. The third-order valence-electron chi connectivity index (χ3n) is 5.80. The van der Waals surface area contributed by atoms with Crippen molar-refractivity contribution in [3.05, 3.63) is 89.2 Å². The van der Waals surface area contributed by atoms with Gasteiger partial charge >= 0.3 is 0 Å². The van der Waals surface area contributed by atoms with Crippen molar-refractivity contribution in [2.24, 2.45) is 0 Å². The molecule has 3 aromatic rings. The molecule has 0 spiro atoms. The number of fused-ring (bicyclic) bond motifs is 1. The van der Waals surface area contributed by atoms with Gasteiger partial charge in [-0.15, -0.1) is 0 Å². The van der Waals surface area contributed by atoms with Gasteiger partial charge in [0.1, 0.15) is 0 Å². The second-order valence-electron chi connectivity index (χ2n) is 7.62. The first-order valence-corrected chi connectivity index (χ1v) is 10.3. The minimum absolute atomic E-state index is 0.128. The SMILES string of the molecule is COc1ccc([C@@H]2[C@@H](C(=O)NCc3cccnc3)c3ccccc3C(=O)N2C)cc1OC. The van der Waals surface area contributed by atoms with Gasteiger partial charge in [0, 0.05) is 31.5 Å². The van der Waals surface area contributed by atoms with Crippen LogP contribution >= 0.6 is 0 Å². The number of carbonyl (C=O) groups is 2. The maximum absolute atomic E-state index is 13.5. The molecule has 0 fully saturated rings. The normalized spacial score (nSPS) is 17.5. The molecule has 0 aliphatic carbocycles. The fraction of sp³-hybridized carbons (Fsp3) is 0.240. The summed E-state index contributed by atoms with van der Waals surface area (Å²) in [5.41, 5.74) is 2.93. The first-order chi connectivity index (χ1) is 15.5. The molecule has 164 valence electrons. The Labute approximate surface area is 187 Å². The maximum atomic E-state index is 13.5. The molecule has 2 aromatic carbocycles. The lowest BCUT2D eigenvalue weighted by Crippen LogP contribution is -2.45. The lowest BCUT2D eigenvalue weighted by atomic mass is 9.79. The van der Waals surface area contributed by atoms with Crippen LogP contribution in [0.2, 0.25) is 0 Å². The van der Waals surface area contributed by atoms with E-state index >= 15 is 0 Å². The first-order valence-electron chi connectivity index (χ1n) is 10.3. The first kappa shape index (κ1) is 21.4. The number of amides is 2. The van der Waals surface area contributed by atoms with Crippen LogP contribution in [0.5, 0.6) is 11.5 Å². The van der Waals surface area contributed by atoms with Gasteiger partial charge in [0.15, 0.2) is 11.5 Å². The van der Waals surface area contributed by atoms with Crippen LogP contribution in [-0.2, 0) is 11.3 Å². The van der Waals surface area contributed by atoms with E-state index in [1.165, 1.54) is 0 Å². The van der Waals surface area contributed by atoms with E-state index < -0.39 is 12.0 Å². The second kappa shape index (κ2) is 9.09. The molecule has 7 nitrogen and oxygen atoms in total. The summed E-state index contributed by atoms with van der Waals surface area (Å²) in [6, 6.07) is 16.0. The largest absolute Gasteiger partial charge is 0.493 e. The molecule has 32 heavy (non-hydrogen) atoms. The summed E-state index contributed by atoms with van der Waals surface area (Å²) in [6.45, 7) is 0.349. The van der Waals surface area contributed by atoms with Crippen molar-refractivity contribution in [3.63, 3.8) is 0 Å². The molecule has 0 radical (unpaired) electrons. The van der Waals surface area contributed by atoms with Crippen molar-refractivity contribution in [1.82, 2.24) is 15.2 Å². The highest BCUT2D eigenvalue weighted by Gasteiger charge is 2.42. The number of methoxy groups -OCH3 is 2. The topological polar surface area (TPSA) is 80.8 Å². The molecule has 7 heteroatoms. The van der Waals surface area contributed by atoms with Gasteiger partial charge in [-0.3, -0.25) is 14.6 Å². The fourth-order valence-corrected chi connectivity index (χ4v) is 4.21. The highest BCUT2D eigenvalue weighted by atomic mass is 16.5. The van der Waals surface area contributed by atoms with Crippen LogP contribution in [0, 0.1) is 0 Å². The van der Waals surface area contributed by atoms with Crippen molar-refractivity contribution >= 4 is 11.8 Å². The van der Waals surface area contributed by atoms with Crippen molar-refractivity contribution in [3.8, 4) is 11.5 Å². The molecule has 2 amide bonds. The van der Waals surface area contributed by atoms with Gasteiger partial charge in [0.05, 0.1) is 26.2 Å². The fourth-order valence-electron chi connectivity index (χ4n) is 4.21. The van der Waals surface area contributed by atoms with E-state index in [4.69, 9.17) is 9.47 Å². The number of ether oxygens (including phenoxy) is 2. The molecule has 1 aliphatic heterocycles. The van der Waals surface area contributed by atoms with Crippen LogP contribution in [0.1, 0.15) is 39.0 Å². The third kappa shape index (κ3) is 3.89. The van der Waals surface area contributed by atoms with E-state index in [1.54, 1.807) is 50.7 Å². The average molecular weight is 431 g/mol. The van der Waals surface area contributed by atoms with E-state index in [1.807, 2.05) is 42.5 Å². The van der Waals surface area contributed by atoms with E-state index in [0.29, 0.717) is 29.2 Å². The monoisotopic (exact) mass is 431 g/mol. The Bertz CT molecular complexity index is 1130. The van der Waals surface area contributed by atoms with Crippen LogP contribution in [0.3, 0.4) is 0 Å². The molecule has 0 saturated heterocycles. The Morgan fingerprint density at radius 1 is 1.06 bits per heavy atom. The van der Waals surface area contributed by atoms with Crippen LogP contribution in [0.4, 0.5) is 0 Å². The number of carbonyl (C=O) groups excluding carboxylic acids is 2. The lowest BCUT2D eigenvalue weighted by molar-refractivity contribution is -0.124. The van der Waals surface area contributed by atoms with Crippen LogP contribution in [0.25, 0.3) is 0 Å². The molecule has 2 heterocycles. The molecule has 1 aromatic heterocycles. The summed E-state index contributed by atoms with van der Waals surface area (Å²) in [4.78, 5) is 32.4. The summed E-state index contributed by atoms with van der Waals surface area (Å²) in [6.07, 6.45) is 3.41. The Hall–Kier alpha value is -3.87. The van der Waals surface area contributed by atoms with Gasteiger partial charge in [-0.05, 0) is 41.0 Å². The van der Waals surface area contributed by atoms with Crippen LogP contribution in [0.15, 0.2) is 67.0 Å². The second-order valence-corrected chi connectivity index (χ2v) is 7.62. The Morgan fingerprint density at radius 2 is 1.84 bits per heavy atom. The van der Waals surface area contributed by atoms with Gasteiger partial charge in [0.25, 0.3) is 5.91 Å². The molecule has 0 saturated carbocycles. The summed E-state index contributed by atoms with van der Waals surface area (Å²) in [7, 11) is 4.85. The van der Waals surface area contributed by atoms with Gasteiger partial charge in [0.2, 0.25) is 5.91 Å². The molecular weight excluding hydrogens is 406 g/mol. The zero-order valence-corrected chi connectivity index (χ0v) is 18.2. The van der Waals surface area contributed by atoms with Crippen molar-refractivity contribution < 1.29 is 19.1 Å². The number of benzene rings is 2. The maximum Gasteiger partial charge on any atom is 0.254 e. The number of pyridine rings is 1. The standard InChI is InChI=1S/C25H25N3O4/c1-28-23(17-10-11-20(31-2)21(13-17)32-3)22(18-8-4-5-9-19(18)25(28)30)24(29)27-15-16-7-6-12-26-14-16/h4-14,22-23H,15H2,1-3H3,(H,27,29)/t22-,23+/m0/s1. The van der Waals surface area contributed by atoms with E-state index in [-0.39, 0.29) is 11.8 Å². The van der Waals surface area contributed by atoms with Crippen molar-refractivity contribution in [1.29, 1.82) is 0 Å².